The van der Waals surface area contributed by atoms with Crippen LogP contribution >= 0.6 is 11.6 Å². The van der Waals surface area contributed by atoms with Crippen molar-refractivity contribution < 1.29 is 0 Å². The fraction of sp³-hybridized carbons (Fsp3) is 0.625. The summed E-state index contributed by atoms with van der Waals surface area (Å²) >= 11 is 6.64. The Morgan fingerprint density at radius 1 is 1.06 bits per heavy atom. The Kier molecular flexibility index (Phi) is 4.14. The van der Waals surface area contributed by atoms with Crippen LogP contribution < -0.4 is 0 Å². The quantitative estimate of drug-likeness (QED) is 0.619. The maximum Gasteiger partial charge on any atom is 0.0615 e. The van der Waals surface area contributed by atoms with Crippen molar-refractivity contribution in [1.82, 2.24) is 0 Å². The molecule has 3 atom stereocenters. The Labute approximate surface area is 110 Å². The van der Waals surface area contributed by atoms with Crippen LogP contribution in [-0.2, 0) is 0 Å². The number of rotatable bonds is 3. The molecule has 1 fully saturated rings. The van der Waals surface area contributed by atoms with Crippen molar-refractivity contribution >= 4 is 11.6 Å². The van der Waals surface area contributed by atoms with E-state index in [1.807, 2.05) is 0 Å². The molecule has 1 aliphatic carbocycles. The van der Waals surface area contributed by atoms with Gasteiger partial charge in [-0.15, -0.1) is 11.6 Å². The summed E-state index contributed by atoms with van der Waals surface area (Å²) in [6.07, 6.45) is 3.98. The molecule has 94 valence electrons. The van der Waals surface area contributed by atoms with Crippen molar-refractivity contribution in [3.63, 3.8) is 0 Å². The molecule has 0 aliphatic heterocycles. The van der Waals surface area contributed by atoms with Crippen LogP contribution in [0.1, 0.15) is 62.5 Å². The molecule has 0 saturated heterocycles. The molecule has 0 heterocycles. The predicted octanol–water partition coefficient (Wildman–Crippen LogP) is 5.53. The highest BCUT2D eigenvalue weighted by Crippen LogP contribution is 2.43. The van der Waals surface area contributed by atoms with E-state index in [9.17, 15) is 0 Å². The molecule has 1 saturated carbocycles. The van der Waals surface area contributed by atoms with Gasteiger partial charge < -0.3 is 0 Å². The van der Waals surface area contributed by atoms with Gasteiger partial charge in [-0.3, -0.25) is 0 Å². The average molecular weight is 251 g/mol. The highest BCUT2D eigenvalue weighted by atomic mass is 35.5. The van der Waals surface area contributed by atoms with Gasteiger partial charge in [0.05, 0.1) is 5.38 Å². The van der Waals surface area contributed by atoms with Gasteiger partial charge in [-0.25, -0.2) is 0 Å². The third-order valence-electron chi connectivity index (χ3n) is 4.23. The molecule has 0 aromatic heterocycles. The summed E-state index contributed by atoms with van der Waals surface area (Å²) in [6.45, 7) is 6.80. The van der Waals surface area contributed by atoms with Crippen LogP contribution in [0.3, 0.4) is 0 Å². The first-order valence-electron chi connectivity index (χ1n) is 6.83. The molecule has 0 amide bonds. The van der Waals surface area contributed by atoms with Gasteiger partial charge in [0.25, 0.3) is 0 Å². The van der Waals surface area contributed by atoms with Gasteiger partial charge in [-0.05, 0) is 35.3 Å². The zero-order chi connectivity index (χ0) is 12.4. The summed E-state index contributed by atoms with van der Waals surface area (Å²) in [6, 6.07) is 8.90. The first-order chi connectivity index (χ1) is 8.09. The lowest BCUT2D eigenvalue weighted by molar-refractivity contribution is 0.406. The molecule has 1 heteroatoms. The molecule has 0 spiro atoms. The standard InChI is InChI=1S/C16H23Cl/c1-11(2)13-7-9-14(10-8-13)16(17)15-6-4-5-12(15)3/h7-12,15-16H,4-6H2,1-3H3. The lowest BCUT2D eigenvalue weighted by Crippen LogP contribution is -2.10. The second-order valence-electron chi connectivity index (χ2n) is 5.80. The van der Waals surface area contributed by atoms with Gasteiger partial charge in [-0.1, -0.05) is 57.9 Å². The fourth-order valence-corrected chi connectivity index (χ4v) is 3.44. The van der Waals surface area contributed by atoms with Crippen molar-refractivity contribution in [2.24, 2.45) is 11.8 Å². The Balaban J connectivity index is 2.11. The van der Waals surface area contributed by atoms with Gasteiger partial charge in [0, 0.05) is 0 Å². The van der Waals surface area contributed by atoms with Crippen LogP contribution in [0.4, 0.5) is 0 Å². The van der Waals surface area contributed by atoms with Crippen LogP contribution in [0.5, 0.6) is 0 Å². The number of hydrogen-bond donors (Lipinski definition) is 0. The summed E-state index contributed by atoms with van der Waals surface area (Å²) in [5.74, 6) is 2.05. The number of halogens is 1. The summed E-state index contributed by atoms with van der Waals surface area (Å²) in [5, 5.41) is 0.203. The fourth-order valence-electron chi connectivity index (χ4n) is 2.92. The van der Waals surface area contributed by atoms with E-state index < -0.39 is 0 Å². The second-order valence-corrected chi connectivity index (χ2v) is 6.27. The smallest absolute Gasteiger partial charge is 0.0615 e. The Hall–Kier alpha value is -0.490. The van der Waals surface area contributed by atoms with E-state index in [0.29, 0.717) is 11.8 Å². The lowest BCUT2D eigenvalue weighted by atomic mass is 9.89. The van der Waals surface area contributed by atoms with E-state index in [4.69, 9.17) is 11.6 Å². The summed E-state index contributed by atoms with van der Waals surface area (Å²) in [5.41, 5.74) is 2.70. The summed E-state index contributed by atoms with van der Waals surface area (Å²) < 4.78 is 0. The molecule has 1 aliphatic rings. The zero-order valence-electron chi connectivity index (χ0n) is 11.1. The number of benzene rings is 1. The molecule has 3 unspecified atom stereocenters. The number of alkyl halides is 1. The zero-order valence-corrected chi connectivity index (χ0v) is 11.9. The van der Waals surface area contributed by atoms with E-state index in [2.05, 4.69) is 45.0 Å². The molecule has 17 heavy (non-hydrogen) atoms. The number of hydrogen-bond acceptors (Lipinski definition) is 0. The van der Waals surface area contributed by atoms with Crippen LogP contribution in [0.2, 0.25) is 0 Å². The second kappa shape index (κ2) is 5.44. The van der Waals surface area contributed by atoms with Gasteiger partial charge in [0.15, 0.2) is 0 Å². The Bertz CT molecular complexity index is 352. The van der Waals surface area contributed by atoms with Crippen LogP contribution in [0.15, 0.2) is 24.3 Å². The molecule has 0 nitrogen and oxygen atoms in total. The molecule has 0 bridgehead atoms. The molecule has 0 N–H and O–H groups in total. The molecule has 2 rings (SSSR count). The van der Waals surface area contributed by atoms with E-state index in [0.717, 1.165) is 5.92 Å². The van der Waals surface area contributed by atoms with Crippen molar-refractivity contribution in [1.29, 1.82) is 0 Å². The largest absolute Gasteiger partial charge is 0.118 e. The molecular weight excluding hydrogens is 228 g/mol. The van der Waals surface area contributed by atoms with E-state index >= 15 is 0 Å². The minimum absolute atomic E-state index is 0.203. The minimum Gasteiger partial charge on any atom is -0.118 e. The van der Waals surface area contributed by atoms with Crippen LogP contribution in [0, 0.1) is 11.8 Å². The third-order valence-corrected chi connectivity index (χ3v) is 4.80. The Morgan fingerprint density at radius 3 is 2.12 bits per heavy atom. The first kappa shape index (κ1) is 13.0. The van der Waals surface area contributed by atoms with Crippen molar-refractivity contribution in [2.45, 2.75) is 51.3 Å². The molecular formula is C16H23Cl. The molecule has 1 aromatic rings. The Morgan fingerprint density at radius 2 is 1.65 bits per heavy atom. The van der Waals surface area contributed by atoms with Crippen molar-refractivity contribution in [2.75, 3.05) is 0 Å². The van der Waals surface area contributed by atoms with Gasteiger partial charge in [0.2, 0.25) is 0 Å². The maximum absolute atomic E-state index is 6.64. The highest BCUT2D eigenvalue weighted by molar-refractivity contribution is 6.21. The van der Waals surface area contributed by atoms with E-state index in [1.54, 1.807) is 0 Å². The van der Waals surface area contributed by atoms with Crippen LogP contribution in [0.25, 0.3) is 0 Å². The topological polar surface area (TPSA) is 0 Å². The van der Waals surface area contributed by atoms with Gasteiger partial charge in [-0.2, -0.15) is 0 Å². The first-order valence-corrected chi connectivity index (χ1v) is 7.27. The van der Waals surface area contributed by atoms with E-state index in [-0.39, 0.29) is 5.38 Å². The van der Waals surface area contributed by atoms with Gasteiger partial charge in [0.1, 0.15) is 0 Å². The SMILES string of the molecule is CC(C)c1ccc(C(Cl)C2CCCC2C)cc1. The normalized spacial score (nSPS) is 26.4. The molecule has 0 radical (unpaired) electrons. The average Bonchev–Trinajstić information content (AvgIpc) is 2.74. The minimum atomic E-state index is 0.203. The summed E-state index contributed by atoms with van der Waals surface area (Å²) in [7, 11) is 0. The maximum atomic E-state index is 6.64. The lowest BCUT2D eigenvalue weighted by Gasteiger charge is -2.22. The summed E-state index contributed by atoms with van der Waals surface area (Å²) in [4.78, 5) is 0. The van der Waals surface area contributed by atoms with Crippen LogP contribution in [-0.4, -0.2) is 0 Å². The predicted molar refractivity (Wildman–Crippen MR) is 75.6 cm³/mol. The molecule has 1 aromatic carbocycles. The van der Waals surface area contributed by atoms with Gasteiger partial charge >= 0.3 is 0 Å². The highest BCUT2D eigenvalue weighted by Gasteiger charge is 2.30. The third kappa shape index (κ3) is 2.85. The monoisotopic (exact) mass is 250 g/mol. The van der Waals surface area contributed by atoms with E-state index in [1.165, 1.54) is 30.4 Å². The van der Waals surface area contributed by atoms with Crippen molar-refractivity contribution in [3.05, 3.63) is 35.4 Å². The van der Waals surface area contributed by atoms with Crippen molar-refractivity contribution in [3.8, 4) is 0 Å².